The van der Waals surface area contributed by atoms with Gasteiger partial charge < -0.3 is 5.11 Å². The number of rotatable bonds is 1. The van der Waals surface area contributed by atoms with Crippen LogP contribution in [0, 0.1) is 18.6 Å². The van der Waals surface area contributed by atoms with Gasteiger partial charge in [0.15, 0.2) is 0 Å². The number of nitrogens with one attached hydrogen (secondary N) is 1. The van der Waals surface area contributed by atoms with Crippen molar-refractivity contribution in [1.29, 1.82) is 0 Å². The largest absolute Gasteiger partial charge is 0.492 e. The lowest BCUT2D eigenvalue weighted by atomic mass is 10.2. The van der Waals surface area contributed by atoms with Gasteiger partial charge in [-0.3, -0.25) is 9.78 Å². The number of nitrogens with zero attached hydrogens (tertiary/aromatic N) is 1. The molecule has 0 bridgehead atoms. The summed E-state index contributed by atoms with van der Waals surface area (Å²) in [4.78, 5) is 24.1. The van der Waals surface area contributed by atoms with Crippen molar-refractivity contribution in [3.05, 3.63) is 56.2 Å². The Labute approximate surface area is 99.0 Å². The van der Waals surface area contributed by atoms with Gasteiger partial charge in [0.2, 0.25) is 11.7 Å². The quantitative estimate of drug-likeness (QED) is 0.791. The summed E-state index contributed by atoms with van der Waals surface area (Å²) in [5.41, 5.74) is -1.99. The molecule has 2 N–H and O–H groups in total. The molecule has 18 heavy (non-hydrogen) atoms. The normalized spacial score (nSPS) is 10.6. The maximum Gasteiger partial charge on any atom is 0.335 e. The number of aromatic nitrogens is 2. The SMILES string of the molecule is Cc1cc(F)cc(-n2c(O)c(F)c(=O)[nH]c2=O)c1. The average Bonchev–Trinajstić information content (AvgIpc) is 2.24. The minimum Gasteiger partial charge on any atom is -0.492 e. The highest BCUT2D eigenvalue weighted by Crippen LogP contribution is 2.17. The van der Waals surface area contributed by atoms with Crippen LogP contribution in [0.25, 0.3) is 5.69 Å². The zero-order chi connectivity index (χ0) is 13.4. The number of H-pyrrole nitrogens is 1. The molecule has 0 spiro atoms. The molecular formula is C11H8F2N2O3. The van der Waals surface area contributed by atoms with Gasteiger partial charge in [-0.2, -0.15) is 4.39 Å². The predicted molar refractivity (Wildman–Crippen MR) is 59.0 cm³/mol. The van der Waals surface area contributed by atoms with Gasteiger partial charge in [-0.25, -0.2) is 13.8 Å². The molecule has 0 saturated heterocycles. The summed E-state index contributed by atoms with van der Waals surface area (Å²) < 4.78 is 26.9. The first-order valence-corrected chi connectivity index (χ1v) is 4.91. The van der Waals surface area contributed by atoms with E-state index in [0.717, 1.165) is 6.07 Å². The third-order valence-corrected chi connectivity index (χ3v) is 2.32. The summed E-state index contributed by atoms with van der Waals surface area (Å²) >= 11 is 0. The van der Waals surface area contributed by atoms with E-state index < -0.39 is 28.8 Å². The third kappa shape index (κ3) is 1.90. The van der Waals surface area contributed by atoms with Crippen LogP contribution >= 0.6 is 0 Å². The highest BCUT2D eigenvalue weighted by Gasteiger charge is 2.15. The van der Waals surface area contributed by atoms with Crippen molar-refractivity contribution in [2.45, 2.75) is 6.92 Å². The van der Waals surface area contributed by atoms with Crippen LogP contribution < -0.4 is 11.2 Å². The van der Waals surface area contributed by atoms with E-state index in [4.69, 9.17) is 0 Å². The van der Waals surface area contributed by atoms with E-state index in [2.05, 4.69) is 0 Å². The Balaban J connectivity index is 2.83. The molecule has 0 aliphatic heterocycles. The molecule has 94 valence electrons. The summed E-state index contributed by atoms with van der Waals surface area (Å²) in [5.74, 6) is -3.31. The maximum absolute atomic E-state index is 13.2. The van der Waals surface area contributed by atoms with Gasteiger partial charge in [-0.05, 0) is 30.7 Å². The Morgan fingerprint density at radius 3 is 2.50 bits per heavy atom. The highest BCUT2D eigenvalue weighted by atomic mass is 19.1. The predicted octanol–water partition coefficient (Wildman–Crippen LogP) is 0.818. The van der Waals surface area contributed by atoms with E-state index in [0.29, 0.717) is 10.1 Å². The first-order valence-electron chi connectivity index (χ1n) is 4.91. The van der Waals surface area contributed by atoms with Crippen molar-refractivity contribution in [3.8, 4) is 11.6 Å². The highest BCUT2D eigenvalue weighted by molar-refractivity contribution is 5.39. The second-order valence-electron chi connectivity index (χ2n) is 3.72. The van der Waals surface area contributed by atoms with Crippen molar-refractivity contribution in [3.63, 3.8) is 0 Å². The Bertz CT molecular complexity index is 714. The van der Waals surface area contributed by atoms with Crippen LogP contribution in [0.15, 0.2) is 27.8 Å². The van der Waals surface area contributed by atoms with Gasteiger partial charge in [-0.15, -0.1) is 0 Å². The number of hydrogen-bond donors (Lipinski definition) is 2. The molecule has 7 heteroatoms. The van der Waals surface area contributed by atoms with Gasteiger partial charge in [0, 0.05) is 0 Å². The number of hydrogen-bond acceptors (Lipinski definition) is 3. The average molecular weight is 254 g/mol. The molecule has 0 aliphatic carbocycles. The minimum atomic E-state index is -1.50. The van der Waals surface area contributed by atoms with Gasteiger partial charge in [0.05, 0.1) is 5.69 Å². The van der Waals surface area contributed by atoms with E-state index in [1.54, 1.807) is 11.9 Å². The summed E-state index contributed by atoms with van der Waals surface area (Å²) in [6, 6.07) is 3.50. The van der Waals surface area contributed by atoms with Crippen molar-refractivity contribution in [2.75, 3.05) is 0 Å². The van der Waals surface area contributed by atoms with Gasteiger partial charge in [0.1, 0.15) is 5.82 Å². The molecule has 0 amide bonds. The zero-order valence-electron chi connectivity index (χ0n) is 9.20. The van der Waals surface area contributed by atoms with Crippen LogP contribution in [0.5, 0.6) is 5.88 Å². The number of halogens is 2. The van der Waals surface area contributed by atoms with Gasteiger partial charge in [-0.1, -0.05) is 0 Å². The van der Waals surface area contributed by atoms with Crippen molar-refractivity contribution >= 4 is 0 Å². The second kappa shape index (κ2) is 4.10. The Morgan fingerprint density at radius 1 is 1.22 bits per heavy atom. The van der Waals surface area contributed by atoms with Crippen molar-refractivity contribution < 1.29 is 13.9 Å². The number of aryl methyl sites for hydroxylation is 1. The molecular weight excluding hydrogens is 246 g/mol. The number of aromatic hydroxyl groups is 1. The summed E-state index contributed by atoms with van der Waals surface area (Å²) in [6.45, 7) is 1.57. The Morgan fingerprint density at radius 2 is 1.89 bits per heavy atom. The molecule has 2 rings (SSSR count). The van der Waals surface area contributed by atoms with Crippen LogP contribution in [0.3, 0.4) is 0 Å². The summed E-state index contributed by atoms with van der Waals surface area (Å²) in [7, 11) is 0. The van der Waals surface area contributed by atoms with Crippen LogP contribution in [0.1, 0.15) is 5.56 Å². The van der Waals surface area contributed by atoms with Crippen LogP contribution in [-0.2, 0) is 0 Å². The minimum absolute atomic E-state index is 0.0786. The van der Waals surface area contributed by atoms with E-state index in [1.165, 1.54) is 12.1 Å². The van der Waals surface area contributed by atoms with Gasteiger partial charge in [0.25, 0.3) is 5.56 Å². The molecule has 0 atom stereocenters. The maximum atomic E-state index is 13.2. The molecule has 0 unspecified atom stereocenters. The smallest absolute Gasteiger partial charge is 0.335 e. The van der Waals surface area contributed by atoms with E-state index >= 15 is 0 Å². The fourth-order valence-corrected chi connectivity index (χ4v) is 1.59. The zero-order valence-corrected chi connectivity index (χ0v) is 9.20. The van der Waals surface area contributed by atoms with Crippen LogP contribution in [-0.4, -0.2) is 14.7 Å². The van der Waals surface area contributed by atoms with E-state index in [-0.39, 0.29) is 5.69 Å². The molecule has 1 heterocycles. The lowest BCUT2D eigenvalue weighted by molar-refractivity contribution is 0.386. The molecule has 5 nitrogen and oxygen atoms in total. The topological polar surface area (TPSA) is 75.1 Å². The summed E-state index contributed by atoms with van der Waals surface area (Å²) in [5, 5.41) is 9.44. The lowest BCUT2D eigenvalue weighted by Crippen LogP contribution is -2.31. The van der Waals surface area contributed by atoms with Crippen molar-refractivity contribution in [1.82, 2.24) is 9.55 Å². The molecule has 0 aliphatic rings. The van der Waals surface area contributed by atoms with E-state index in [9.17, 15) is 23.5 Å². The lowest BCUT2D eigenvalue weighted by Gasteiger charge is -2.08. The number of aromatic amines is 1. The molecule has 1 aromatic carbocycles. The summed E-state index contributed by atoms with van der Waals surface area (Å²) in [6.07, 6.45) is 0. The third-order valence-electron chi connectivity index (χ3n) is 2.32. The van der Waals surface area contributed by atoms with Crippen LogP contribution in [0.2, 0.25) is 0 Å². The first kappa shape index (κ1) is 12.0. The molecule has 0 fully saturated rings. The van der Waals surface area contributed by atoms with Crippen molar-refractivity contribution in [2.24, 2.45) is 0 Å². The standard InChI is InChI=1S/C11H8F2N2O3/c1-5-2-6(12)4-7(3-5)15-10(17)8(13)9(16)14-11(15)18/h2-4,17H,1H3,(H,14,16,18). The Kier molecular flexibility index (Phi) is 2.74. The molecule has 1 aromatic heterocycles. The molecule has 0 radical (unpaired) electrons. The Hall–Kier alpha value is -2.44. The second-order valence-corrected chi connectivity index (χ2v) is 3.72. The van der Waals surface area contributed by atoms with E-state index in [1.807, 2.05) is 0 Å². The monoisotopic (exact) mass is 254 g/mol. The molecule has 0 saturated carbocycles. The number of benzene rings is 1. The molecule has 2 aromatic rings. The van der Waals surface area contributed by atoms with Crippen LogP contribution in [0.4, 0.5) is 8.78 Å². The first-order chi connectivity index (χ1) is 8.40. The fraction of sp³-hybridized carbons (Fsp3) is 0.0909. The fourth-order valence-electron chi connectivity index (χ4n) is 1.59. The van der Waals surface area contributed by atoms with Gasteiger partial charge >= 0.3 is 5.69 Å².